The van der Waals surface area contributed by atoms with Crippen LogP contribution in [0.15, 0.2) is 42.6 Å². The summed E-state index contributed by atoms with van der Waals surface area (Å²) in [6.07, 6.45) is 2.29. The molecule has 2 saturated heterocycles. The maximum absolute atomic E-state index is 12.1. The number of methoxy groups -OCH3 is 2. The molecule has 1 unspecified atom stereocenters. The van der Waals surface area contributed by atoms with Gasteiger partial charge in [0.15, 0.2) is 5.79 Å². The molecule has 1 aromatic carbocycles. The van der Waals surface area contributed by atoms with Crippen molar-refractivity contribution >= 4 is 29.0 Å². The Balaban J connectivity index is 1.63. The molecule has 0 spiro atoms. The molecule has 2 aliphatic rings. The Morgan fingerprint density at radius 3 is 2.55 bits per heavy atom. The first-order valence-corrected chi connectivity index (χ1v) is 9.89. The quantitative estimate of drug-likeness (QED) is 0.697. The van der Waals surface area contributed by atoms with Gasteiger partial charge in [-0.1, -0.05) is 23.7 Å². The molecule has 1 atom stereocenters. The van der Waals surface area contributed by atoms with E-state index in [2.05, 4.69) is 9.88 Å². The molecule has 154 valence electrons. The van der Waals surface area contributed by atoms with Gasteiger partial charge in [-0.15, -0.1) is 0 Å². The molecular formula is C21H24ClN3O4. The van der Waals surface area contributed by atoms with Gasteiger partial charge in [-0.25, -0.2) is 4.98 Å². The Bertz CT molecular complexity index is 855. The molecule has 1 aromatic heterocycles. The molecule has 2 aliphatic heterocycles. The number of aromatic nitrogens is 1. The number of benzene rings is 1. The lowest BCUT2D eigenvalue weighted by atomic mass is 10.0. The van der Waals surface area contributed by atoms with E-state index < -0.39 is 5.79 Å². The van der Waals surface area contributed by atoms with E-state index in [1.807, 2.05) is 36.4 Å². The molecule has 3 heterocycles. The molecular weight excluding hydrogens is 394 g/mol. The maximum Gasteiger partial charge on any atom is 0.253 e. The number of carbonyl (C=O) groups is 1. The number of hydrogen-bond donors (Lipinski definition) is 0. The van der Waals surface area contributed by atoms with Crippen LogP contribution in [-0.2, 0) is 19.0 Å². The van der Waals surface area contributed by atoms with Crippen LogP contribution in [0.1, 0.15) is 18.0 Å². The van der Waals surface area contributed by atoms with Crippen molar-refractivity contribution in [2.24, 2.45) is 0 Å². The third-order valence-corrected chi connectivity index (χ3v) is 5.84. The highest BCUT2D eigenvalue weighted by Crippen LogP contribution is 2.42. The molecule has 0 radical (unpaired) electrons. The Hall–Kier alpha value is -2.19. The van der Waals surface area contributed by atoms with Crippen LogP contribution in [0, 0.1) is 0 Å². The minimum Gasteiger partial charge on any atom is -0.370 e. The third-order valence-electron chi connectivity index (χ3n) is 5.62. The van der Waals surface area contributed by atoms with E-state index in [0.29, 0.717) is 31.1 Å². The van der Waals surface area contributed by atoms with Gasteiger partial charge in [0.05, 0.1) is 24.2 Å². The van der Waals surface area contributed by atoms with Crippen LogP contribution < -0.4 is 9.80 Å². The summed E-state index contributed by atoms with van der Waals surface area (Å²) in [4.78, 5) is 20.5. The van der Waals surface area contributed by atoms with Crippen LogP contribution in [0.25, 0.3) is 0 Å². The second-order valence-electron chi connectivity index (χ2n) is 7.19. The van der Waals surface area contributed by atoms with Gasteiger partial charge in [0.1, 0.15) is 12.4 Å². The lowest BCUT2D eigenvalue weighted by Gasteiger charge is -2.28. The Kier molecular flexibility index (Phi) is 5.74. The van der Waals surface area contributed by atoms with Gasteiger partial charge in [0, 0.05) is 39.1 Å². The summed E-state index contributed by atoms with van der Waals surface area (Å²) in [5.41, 5.74) is 1.98. The van der Waals surface area contributed by atoms with Gasteiger partial charge < -0.3 is 24.0 Å². The predicted molar refractivity (Wildman–Crippen MR) is 110 cm³/mol. The van der Waals surface area contributed by atoms with Crippen molar-refractivity contribution in [2.45, 2.75) is 18.2 Å². The number of anilines is 2. The summed E-state index contributed by atoms with van der Waals surface area (Å²) in [7, 11) is 3.32. The average molecular weight is 418 g/mol. The summed E-state index contributed by atoms with van der Waals surface area (Å²) < 4.78 is 16.7. The van der Waals surface area contributed by atoms with Crippen LogP contribution in [0.3, 0.4) is 0 Å². The summed E-state index contributed by atoms with van der Waals surface area (Å²) in [6, 6.07) is 11.8. The van der Waals surface area contributed by atoms with Gasteiger partial charge in [-0.3, -0.25) is 4.79 Å². The molecule has 29 heavy (non-hydrogen) atoms. The zero-order valence-electron chi connectivity index (χ0n) is 16.5. The first-order valence-electron chi connectivity index (χ1n) is 9.52. The van der Waals surface area contributed by atoms with Gasteiger partial charge in [0.2, 0.25) is 0 Å². The van der Waals surface area contributed by atoms with Gasteiger partial charge in [-0.05, 0) is 29.8 Å². The predicted octanol–water partition coefficient (Wildman–Crippen LogP) is 3.04. The lowest BCUT2D eigenvalue weighted by Crippen LogP contribution is -2.41. The van der Waals surface area contributed by atoms with E-state index in [0.717, 1.165) is 17.1 Å². The van der Waals surface area contributed by atoms with Crippen molar-refractivity contribution in [1.29, 1.82) is 0 Å². The molecule has 4 rings (SSSR count). The number of morpholine rings is 1. The fraction of sp³-hybridized carbons (Fsp3) is 0.429. The summed E-state index contributed by atoms with van der Waals surface area (Å²) in [5, 5.41) is 0.591. The summed E-state index contributed by atoms with van der Waals surface area (Å²) in [5.74, 6) is 0.0719. The van der Waals surface area contributed by atoms with Crippen molar-refractivity contribution in [3.8, 4) is 0 Å². The summed E-state index contributed by atoms with van der Waals surface area (Å²) in [6.45, 7) is 1.79. The number of hydrogen-bond acceptors (Lipinski definition) is 6. The molecule has 0 aliphatic carbocycles. The van der Waals surface area contributed by atoms with Crippen LogP contribution in [0.4, 0.5) is 11.5 Å². The highest BCUT2D eigenvalue weighted by molar-refractivity contribution is 6.30. The van der Waals surface area contributed by atoms with Crippen molar-refractivity contribution in [3.63, 3.8) is 0 Å². The summed E-state index contributed by atoms with van der Waals surface area (Å²) >= 11 is 6.01. The second-order valence-corrected chi connectivity index (χ2v) is 7.63. The second kappa shape index (κ2) is 8.28. The molecule has 2 aromatic rings. The van der Waals surface area contributed by atoms with Gasteiger partial charge in [0.25, 0.3) is 5.91 Å². The van der Waals surface area contributed by atoms with Crippen molar-refractivity contribution in [1.82, 2.24) is 4.98 Å². The number of carbonyl (C=O) groups excluding carboxylic acids is 1. The zero-order valence-corrected chi connectivity index (χ0v) is 17.3. The van der Waals surface area contributed by atoms with E-state index in [1.165, 1.54) is 0 Å². The molecule has 1 amide bonds. The first kappa shape index (κ1) is 20.1. The maximum atomic E-state index is 12.1. The molecule has 2 fully saturated rings. The standard InChI is InChI=1S/C21H24ClN3O4/c1-27-21(28-2)11-18(25(14-21)19-8-5-16(22)12-23-19)15-3-6-17(7-4-15)24-9-10-29-13-20(24)26/h3-8,12,18H,9-11,13-14H2,1-2H3. The van der Waals surface area contributed by atoms with Crippen molar-refractivity contribution in [3.05, 3.63) is 53.2 Å². The van der Waals surface area contributed by atoms with E-state index in [9.17, 15) is 4.79 Å². The topological polar surface area (TPSA) is 64.1 Å². The Morgan fingerprint density at radius 2 is 1.93 bits per heavy atom. The number of nitrogens with zero attached hydrogens (tertiary/aromatic N) is 3. The lowest BCUT2D eigenvalue weighted by molar-refractivity contribution is -0.191. The van der Waals surface area contributed by atoms with E-state index in [1.54, 1.807) is 25.3 Å². The minimum atomic E-state index is -0.717. The smallest absolute Gasteiger partial charge is 0.253 e. The normalized spacial score (nSPS) is 21.6. The van der Waals surface area contributed by atoms with Crippen LogP contribution >= 0.6 is 11.6 Å². The van der Waals surface area contributed by atoms with E-state index in [4.69, 9.17) is 25.8 Å². The average Bonchev–Trinajstić information content (AvgIpc) is 3.15. The number of pyridine rings is 1. The first-order chi connectivity index (χ1) is 14.0. The number of ether oxygens (including phenoxy) is 3. The Labute approximate surface area is 175 Å². The van der Waals surface area contributed by atoms with E-state index >= 15 is 0 Å². The fourth-order valence-electron chi connectivity index (χ4n) is 3.96. The fourth-order valence-corrected chi connectivity index (χ4v) is 4.07. The highest BCUT2D eigenvalue weighted by atomic mass is 35.5. The van der Waals surface area contributed by atoms with Gasteiger partial charge in [-0.2, -0.15) is 0 Å². The molecule has 0 bridgehead atoms. The molecule has 0 saturated carbocycles. The van der Waals surface area contributed by atoms with Crippen LogP contribution in [0.5, 0.6) is 0 Å². The largest absolute Gasteiger partial charge is 0.370 e. The molecule has 0 N–H and O–H groups in total. The number of halogens is 1. The van der Waals surface area contributed by atoms with Crippen LogP contribution in [-0.4, -0.2) is 57.2 Å². The number of amides is 1. The number of rotatable bonds is 5. The SMILES string of the molecule is COC1(OC)CC(c2ccc(N3CCOCC3=O)cc2)N(c2ccc(Cl)cn2)C1. The van der Waals surface area contributed by atoms with E-state index in [-0.39, 0.29) is 18.6 Å². The minimum absolute atomic E-state index is 0.0121. The van der Waals surface area contributed by atoms with Crippen molar-refractivity contribution < 1.29 is 19.0 Å². The van der Waals surface area contributed by atoms with Crippen LogP contribution in [0.2, 0.25) is 5.02 Å². The van der Waals surface area contributed by atoms with Gasteiger partial charge >= 0.3 is 0 Å². The molecule has 7 nitrogen and oxygen atoms in total. The highest BCUT2D eigenvalue weighted by Gasteiger charge is 2.46. The Morgan fingerprint density at radius 1 is 1.17 bits per heavy atom. The monoisotopic (exact) mass is 417 g/mol. The zero-order chi connectivity index (χ0) is 20.4. The van der Waals surface area contributed by atoms with Crippen molar-refractivity contribution in [2.75, 3.05) is 50.3 Å². The third kappa shape index (κ3) is 3.96. The molecule has 8 heteroatoms.